The molecule has 0 atom stereocenters. The number of nitrogens with zero attached hydrogens (tertiary/aromatic N) is 2. The zero-order chi connectivity index (χ0) is 11.8. The summed E-state index contributed by atoms with van der Waals surface area (Å²) in [5.74, 6) is 0.0992. The molecule has 0 aliphatic carbocycles. The molecule has 2 N–H and O–H groups in total. The van der Waals surface area contributed by atoms with Crippen molar-refractivity contribution in [3.8, 4) is 0 Å². The predicted octanol–water partition coefficient (Wildman–Crippen LogP) is -1.04. The molecule has 1 fully saturated rings. The second-order valence-corrected chi connectivity index (χ2v) is 4.13. The molecule has 1 heterocycles. The highest BCUT2D eigenvalue weighted by molar-refractivity contribution is 5.77. The number of piperazine rings is 1. The molecule has 1 saturated heterocycles. The zero-order valence-corrected chi connectivity index (χ0v) is 10.5. The molecule has 0 spiro atoms. The third-order valence-electron chi connectivity index (χ3n) is 3.04. The fraction of sp³-hybridized carbons (Fsp3) is 0.909. The Morgan fingerprint density at radius 3 is 2.69 bits per heavy atom. The number of likely N-dealkylation sites (N-methyl/N-ethyl adjacent to an activating group) is 2. The number of rotatable bonds is 6. The van der Waals surface area contributed by atoms with Gasteiger partial charge in [0.05, 0.1) is 6.54 Å². The lowest BCUT2D eigenvalue weighted by molar-refractivity contribution is -0.121. The summed E-state index contributed by atoms with van der Waals surface area (Å²) in [6, 6.07) is 0. The van der Waals surface area contributed by atoms with Crippen LogP contribution in [0.15, 0.2) is 0 Å². The van der Waals surface area contributed by atoms with Crippen molar-refractivity contribution >= 4 is 5.91 Å². The Kier molecular flexibility index (Phi) is 6.37. The van der Waals surface area contributed by atoms with Crippen LogP contribution in [0.4, 0.5) is 0 Å². The number of carbonyl (C=O) groups excluding carboxylic acids is 1. The number of hydrogen-bond donors (Lipinski definition) is 2. The molecular weight excluding hydrogens is 204 g/mol. The lowest BCUT2D eigenvalue weighted by Crippen LogP contribution is -2.47. The van der Waals surface area contributed by atoms with E-state index in [1.54, 1.807) is 7.05 Å². The standard InChI is InChI=1S/C11H24N4O/c1-3-14(10-11(16)12-2)8-9-15-6-4-13-5-7-15/h13H,3-10H2,1-2H3,(H,12,16). The van der Waals surface area contributed by atoms with Crippen LogP contribution in [0.3, 0.4) is 0 Å². The third kappa shape index (κ3) is 4.92. The molecule has 0 unspecified atom stereocenters. The average Bonchev–Trinajstić information content (AvgIpc) is 2.35. The molecule has 0 saturated carbocycles. The van der Waals surface area contributed by atoms with E-state index >= 15 is 0 Å². The first-order valence-corrected chi connectivity index (χ1v) is 6.12. The first-order valence-electron chi connectivity index (χ1n) is 6.12. The minimum absolute atomic E-state index is 0.0992. The normalized spacial score (nSPS) is 17.7. The smallest absolute Gasteiger partial charge is 0.233 e. The second kappa shape index (κ2) is 7.60. The lowest BCUT2D eigenvalue weighted by Gasteiger charge is -2.29. The van der Waals surface area contributed by atoms with Crippen LogP contribution >= 0.6 is 0 Å². The molecular formula is C11H24N4O. The molecule has 0 aromatic heterocycles. The predicted molar refractivity (Wildman–Crippen MR) is 65.5 cm³/mol. The van der Waals surface area contributed by atoms with Crippen LogP contribution in [0.1, 0.15) is 6.92 Å². The van der Waals surface area contributed by atoms with Crippen LogP contribution < -0.4 is 10.6 Å². The van der Waals surface area contributed by atoms with Crippen LogP contribution in [0.25, 0.3) is 0 Å². The summed E-state index contributed by atoms with van der Waals surface area (Å²) in [5, 5.41) is 6.00. The minimum Gasteiger partial charge on any atom is -0.358 e. The van der Waals surface area contributed by atoms with Crippen molar-refractivity contribution in [2.75, 3.05) is 59.4 Å². The first-order chi connectivity index (χ1) is 7.76. The summed E-state index contributed by atoms with van der Waals surface area (Å²) in [4.78, 5) is 15.9. The van der Waals surface area contributed by atoms with Gasteiger partial charge in [0.15, 0.2) is 0 Å². The summed E-state index contributed by atoms with van der Waals surface area (Å²) >= 11 is 0. The Balaban J connectivity index is 2.19. The largest absolute Gasteiger partial charge is 0.358 e. The molecule has 5 heteroatoms. The van der Waals surface area contributed by atoms with E-state index in [0.717, 1.165) is 45.8 Å². The monoisotopic (exact) mass is 228 g/mol. The van der Waals surface area contributed by atoms with Crippen molar-refractivity contribution < 1.29 is 4.79 Å². The van der Waals surface area contributed by atoms with E-state index in [1.807, 2.05) is 0 Å². The topological polar surface area (TPSA) is 47.6 Å². The van der Waals surface area contributed by atoms with Crippen molar-refractivity contribution in [2.45, 2.75) is 6.92 Å². The van der Waals surface area contributed by atoms with Crippen molar-refractivity contribution in [1.82, 2.24) is 20.4 Å². The number of hydrogen-bond acceptors (Lipinski definition) is 4. The Hall–Kier alpha value is -0.650. The summed E-state index contributed by atoms with van der Waals surface area (Å²) < 4.78 is 0. The van der Waals surface area contributed by atoms with Crippen LogP contribution in [-0.2, 0) is 4.79 Å². The van der Waals surface area contributed by atoms with E-state index in [-0.39, 0.29) is 5.91 Å². The van der Waals surface area contributed by atoms with E-state index in [0.29, 0.717) is 6.54 Å². The molecule has 1 rings (SSSR count). The number of amides is 1. The highest BCUT2D eigenvalue weighted by Gasteiger charge is 2.12. The Bertz CT molecular complexity index is 204. The van der Waals surface area contributed by atoms with Crippen LogP contribution in [0.5, 0.6) is 0 Å². The maximum absolute atomic E-state index is 11.3. The highest BCUT2D eigenvalue weighted by Crippen LogP contribution is 1.94. The van der Waals surface area contributed by atoms with Gasteiger partial charge >= 0.3 is 0 Å². The van der Waals surface area contributed by atoms with Crippen LogP contribution in [0.2, 0.25) is 0 Å². The summed E-state index contributed by atoms with van der Waals surface area (Å²) in [6.45, 7) is 9.99. The van der Waals surface area contributed by atoms with Gasteiger partial charge in [-0.3, -0.25) is 14.6 Å². The molecule has 1 aliphatic heterocycles. The van der Waals surface area contributed by atoms with Gasteiger partial charge in [0, 0.05) is 46.3 Å². The van der Waals surface area contributed by atoms with Crippen molar-refractivity contribution in [3.63, 3.8) is 0 Å². The molecule has 94 valence electrons. The van der Waals surface area contributed by atoms with Crippen LogP contribution in [-0.4, -0.2) is 75.1 Å². The molecule has 0 radical (unpaired) electrons. The van der Waals surface area contributed by atoms with Gasteiger partial charge in [0.1, 0.15) is 0 Å². The van der Waals surface area contributed by atoms with Crippen molar-refractivity contribution in [2.24, 2.45) is 0 Å². The fourth-order valence-corrected chi connectivity index (χ4v) is 1.85. The van der Waals surface area contributed by atoms with Gasteiger partial charge in [-0.05, 0) is 6.54 Å². The molecule has 0 aromatic rings. The second-order valence-electron chi connectivity index (χ2n) is 4.13. The quantitative estimate of drug-likeness (QED) is 0.610. The Labute approximate surface area is 98.2 Å². The van der Waals surface area contributed by atoms with Gasteiger partial charge in [-0.15, -0.1) is 0 Å². The molecule has 0 aromatic carbocycles. The van der Waals surface area contributed by atoms with E-state index in [2.05, 4.69) is 27.4 Å². The highest BCUT2D eigenvalue weighted by atomic mass is 16.1. The summed E-state index contributed by atoms with van der Waals surface area (Å²) in [5.41, 5.74) is 0. The third-order valence-corrected chi connectivity index (χ3v) is 3.04. The SMILES string of the molecule is CCN(CCN1CCNCC1)CC(=O)NC. The van der Waals surface area contributed by atoms with E-state index in [4.69, 9.17) is 0 Å². The molecule has 0 bridgehead atoms. The average molecular weight is 228 g/mol. The van der Waals surface area contributed by atoms with Gasteiger partial charge in [-0.25, -0.2) is 0 Å². The van der Waals surface area contributed by atoms with E-state index in [1.165, 1.54) is 0 Å². The lowest BCUT2D eigenvalue weighted by atomic mass is 10.3. The van der Waals surface area contributed by atoms with Crippen molar-refractivity contribution in [3.05, 3.63) is 0 Å². The zero-order valence-electron chi connectivity index (χ0n) is 10.5. The van der Waals surface area contributed by atoms with Crippen molar-refractivity contribution in [1.29, 1.82) is 0 Å². The maximum atomic E-state index is 11.3. The molecule has 16 heavy (non-hydrogen) atoms. The van der Waals surface area contributed by atoms with Gasteiger partial charge in [-0.2, -0.15) is 0 Å². The van der Waals surface area contributed by atoms with E-state index < -0.39 is 0 Å². The summed E-state index contributed by atoms with van der Waals surface area (Å²) in [7, 11) is 1.69. The Morgan fingerprint density at radius 2 is 2.12 bits per heavy atom. The van der Waals surface area contributed by atoms with Gasteiger partial charge < -0.3 is 10.6 Å². The Morgan fingerprint density at radius 1 is 1.44 bits per heavy atom. The van der Waals surface area contributed by atoms with Gasteiger partial charge in [0.2, 0.25) is 5.91 Å². The van der Waals surface area contributed by atoms with E-state index in [9.17, 15) is 4.79 Å². The van der Waals surface area contributed by atoms with Crippen LogP contribution in [0, 0.1) is 0 Å². The molecule has 1 amide bonds. The molecule has 1 aliphatic rings. The fourth-order valence-electron chi connectivity index (χ4n) is 1.85. The van der Waals surface area contributed by atoms with Gasteiger partial charge in [0.25, 0.3) is 0 Å². The summed E-state index contributed by atoms with van der Waals surface area (Å²) in [6.07, 6.45) is 0. The molecule has 5 nitrogen and oxygen atoms in total. The number of carbonyl (C=O) groups is 1. The first kappa shape index (κ1) is 13.4. The number of nitrogens with one attached hydrogen (secondary N) is 2. The maximum Gasteiger partial charge on any atom is 0.233 e. The minimum atomic E-state index is 0.0992. The van der Waals surface area contributed by atoms with Gasteiger partial charge in [-0.1, -0.05) is 6.92 Å².